The van der Waals surface area contributed by atoms with Crippen LogP contribution in [0, 0.1) is 0 Å². The molecule has 0 spiro atoms. The summed E-state index contributed by atoms with van der Waals surface area (Å²) in [4.78, 5) is 10.1. The van der Waals surface area contributed by atoms with E-state index in [4.69, 9.17) is 5.11 Å². The molecule has 0 unspecified atom stereocenters. The molecule has 0 radical (unpaired) electrons. The van der Waals surface area contributed by atoms with Gasteiger partial charge in [0.05, 0.1) is 13.7 Å². The largest absolute Gasteiger partial charge is 0.453 e. The minimum atomic E-state index is -0.515. The summed E-state index contributed by atoms with van der Waals surface area (Å²) in [7, 11) is 1.27. The molecule has 0 bridgehead atoms. The van der Waals surface area contributed by atoms with Crippen LogP contribution in [0.5, 0.6) is 0 Å². The molecule has 10 heavy (non-hydrogen) atoms. The van der Waals surface area contributed by atoms with Crippen LogP contribution in [0.1, 0.15) is 13.8 Å². The number of carbonyl (C=O) groups excluding carboxylic acids is 1. The zero-order valence-electron chi connectivity index (χ0n) is 6.68. The van der Waals surface area contributed by atoms with Crippen molar-refractivity contribution in [3.05, 3.63) is 0 Å². The maximum Gasteiger partial charge on any atom is 0.406 e. The molecule has 0 aromatic heterocycles. The van der Waals surface area contributed by atoms with Gasteiger partial charge in [-0.3, -0.25) is 0 Å². The Balaban J connectivity index is 0. The summed E-state index contributed by atoms with van der Waals surface area (Å²) in [5.41, 5.74) is 0. The lowest BCUT2D eigenvalue weighted by molar-refractivity contribution is 0.167. The quantitative estimate of drug-likeness (QED) is 0.596. The van der Waals surface area contributed by atoms with E-state index in [0.29, 0.717) is 0 Å². The minimum absolute atomic E-state index is 0.0604. The molecule has 4 heteroatoms. The fourth-order valence-electron chi connectivity index (χ4n) is 0.230. The summed E-state index contributed by atoms with van der Waals surface area (Å²) in [6.45, 7) is 4.18. The smallest absolute Gasteiger partial charge is 0.406 e. The van der Waals surface area contributed by atoms with Crippen LogP contribution in [0.2, 0.25) is 0 Å². The molecule has 0 aliphatic rings. The Kier molecular flexibility index (Phi) is 13.3. The topological polar surface area (TPSA) is 58.6 Å². The van der Waals surface area contributed by atoms with Crippen LogP contribution in [0.3, 0.4) is 0 Å². The van der Waals surface area contributed by atoms with Gasteiger partial charge in [0.15, 0.2) is 0 Å². The van der Waals surface area contributed by atoms with Gasteiger partial charge in [-0.15, -0.1) is 0 Å². The van der Waals surface area contributed by atoms with Gasteiger partial charge in [-0.1, -0.05) is 13.8 Å². The van der Waals surface area contributed by atoms with Crippen molar-refractivity contribution in [3.63, 3.8) is 0 Å². The van der Waals surface area contributed by atoms with E-state index < -0.39 is 6.09 Å². The fraction of sp³-hybridized carbons (Fsp3) is 0.833. The lowest BCUT2D eigenvalue weighted by Crippen LogP contribution is -2.25. The highest BCUT2D eigenvalue weighted by Gasteiger charge is 1.92. The molecule has 0 aromatic carbocycles. The third-order valence-corrected chi connectivity index (χ3v) is 0.567. The third-order valence-electron chi connectivity index (χ3n) is 0.567. The highest BCUT2D eigenvalue weighted by atomic mass is 16.5. The second-order valence-electron chi connectivity index (χ2n) is 1.14. The molecule has 1 amide bonds. The first-order chi connectivity index (χ1) is 4.81. The van der Waals surface area contributed by atoms with Gasteiger partial charge in [-0.25, -0.2) is 4.79 Å². The molecule has 4 nitrogen and oxygen atoms in total. The van der Waals surface area contributed by atoms with Gasteiger partial charge < -0.3 is 15.2 Å². The van der Waals surface area contributed by atoms with E-state index in [1.807, 2.05) is 13.8 Å². The predicted octanol–water partition coefficient (Wildman–Crippen LogP) is 0.361. The minimum Gasteiger partial charge on any atom is -0.453 e. The monoisotopic (exact) mass is 149 g/mol. The number of aliphatic hydroxyl groups is 1. The number of hydrogen-bond donors (Lipinski definition) is 2. The van der Waals surface area contributed by atoms with Crippen molar-refractivity contribution in [2.45, 2.75) is 13.8 Å². The second kappa shape index (κ2) is 11.1. The van der Waals surface area contributed by atoms with Crippen LogP contribution in [-0.2, 0) is 4.74 Å². The number of ether oxygens (including phenoxy) is 1. The van der Waals surface area contributed by atoms with Gasteiger partial charge in [0.2, 0.25) is 0 Å². The zero-order chi connectivity index (χ0) is 8.41. The zero-order valence-corrected chi connectivity index (χ0v) is 6.68. The molecule has 2 N–H and O–H groups in total. The number of methoxy groups -OCH3 is 1. The van der Waals surface area contributed by atoms with E-state index >= 15 is 0 Å². The molecular formula is C6H15NO3. The van der Waals surface area contributed by atoms with Crippen LogP contribution >= 0.6 is 0 Å². The Morgan fingerprint density at radius 1 is 1.60 bits per heavy atom. The fourth-order valence-corrected chi connectivity index (χ4v) is 0.230. The second-order valence-corrected chi connectivity index (χ2v) is 1.14. The predicted molar refractivity (Wildman–Crippen MR) is 38.8 cm³/mol. The first-order valence-electron chi connectivity index (χ1n) is 3.24. The van der Waals surface area contributed by atoms with Gasteiger partial charge >= 0.3 is 6.09 Å². The Labute approximate surface area is 61.2 Å². The van der Waals surface area contributed by atoms with E-state index in [1.165, 1.54) is 7.11 Å². The number of nitrogens with one attached hydrogen (secondary N) is 1. The van der Waals surface area contributed by atoms with Crippen molar-refractivity contribution in [3.8, 4) is 0 Å². The summed E-state index contributed by atoms with van der Waals surface area (Å²) < 4.78 is 4.19. The third kappa shape index (κ3) is 10.3. The SMILES string of the molecule is CC.COC(=O)NCCO. The van der Waals surface area contributed by atoms with Crippen LogP contribution in [0.25, 0.3) is 0 Å². The molecule has 0 aliphatic carbocycles. The number of amides is 1. The van der Waals surface area contributed by atoms with Gasteiger partial charge in [0.25, 0.3) is 0 Å². The number of carbonyl (C=O) groups is 1. The van der Waals surface area contributed by atoms with Crippen LogP contribution in [-0.4, -0.2) is 31.5 Å². The molecular weight excluding hydrogens is 134 g/mol. The molecule has 0 fully saturated rings. The lowest BCUT2D eigenvalue weighted by Gasteiger charge is -1.97. The highest BCUT2D eigenvalue weighted by molar-refractivity contribution is 5.66. The van der Waals surface area contributed by atoms with Gasteiger partial charge in [0.1, 0.15) is 0 Å². The van der Waals surface area contributed by atoms with Crippen molar-refractivity contribution < 1.29 is 14.6 Å². The lowest BCUT2D eigenvalue weighted by atomic mass is 10.7. The van der Waals surface area contributed by atoms with Crippen molar-refractivity contribution in [2.75, 3.05) is 20.3 Å². The van der Waals surface area contributed by atoms with Gasteiger partial charge in [-0.05, 0) is 0 Å². The Morgan fingerprint density at radius 2 is 2.10 bits per heavy atom. The van der Waals surface area contributed by atoms with Crippen LogP contribution in [0.15, 0.2) is 0 Å². The highest BCUT2D eigenvalue weighted by Crippen LogP contribution is 1.66. The Morgan fingerprint density at radius 3 is 2.40 bits per heavy atom. The average Bonchev–Trinajstić information content (AvgIpc) is 2.04. The number of hydrogen-bond acceptors (Lipinski definition) is 3. The first-order valence-corrected chi connectivity index (χ1v) is 3.24. The van der Waals surface area contributed by atoms with Gasteiger partial charge in [-0.2, -0.15) is 0 Å². The molecule has 0 saturated carbocycles. The number of aliphatic hydroxyl groups excluding tert-OH is 1. The summed E-state index contributed by atoms with van der Waals surface area (Å²) in [5.74, 6) is 0. The standard InChI is InChI=1S/C4H9NO3.C2H6/c1-8-4(7)5-2-3-6;1-2/h6H,2-3H2,1H3,(H,5,7);1-2H3. The van der Waals surface area contributed by atoms with Crippen molar-refractivity contribution in [2.24, 2.45) is 0 Å². The van der Waals surface area contributed by atoms with Crippen LogP contribution in [0.4, 0.5) is 4.79 Å². The van der Waals surface area contributed by atoms with Crippen molar-refractivity contribution in [1.82, 2.24) is 5.32 Å². The van der Waals surface area contributed by atoms with E-state index in [9.17, 15) is 4.79 Å². The molecule has 0 saturated heterocycles. The molecule has 0 atom stereocenters. The van der Waals surface area contributed by atoms with E-state index in [-0.39, 0.29) is 13.2 Å². The molecule has 0 aromatic rings. The maximum absolute atomic E-state index is 10.1. The van der Waals surface area contributed by atoms with E-state index in [0.717, 1.165) is 0 Å². The van der Waals surface area contributed by atoms with Crippen molar-refractivity contribution in [1.29, 1.82) is 0 Å². The van der Waals surface area contributed by atoms with Crippen molar-refractivity contribution >= 4 is 6.09 Å². The van der Waals surface area contributed by atoms with E-state index in [2.05, 4.69) is 10.1 Å². The summed E-state index contributed by atoms with van der Waals surface area (Å²) >= 11 is 0. The summed E-state index contributed by atoms with van der Waals surface area (Å²) in [6.07, 6.45) is -0.515. The molecule has 0 aliphatic heterocycles. The first kappa shape index (κ1) is 12.0. The summed E-state index contributed by atoms with van der Waals surface area (Å²) in [5, 5.41) is 10.4. The summed E-state index contributed by atoms with van der Waals surface area (Å²) in [6, 6.07) is 0. The molecule has 0 heterocycles. The van der Waals surface area contributed by atoms with Gasteiger partial charge in [0, 0.05) is 6.54 Å². The normalized spacial score (nSPS) is 7.20. The Bertz CT molecular complexity index is 75.4. The average molecular weight is 149 g/mol. The number of rotatable bonds is 2. The van der Waals surface area contributed by atoms with Crippen LogP contribution < -0.4 is 5.32 Å². The Hall–Kier alpha value is -0.770. The molecule has 0 rings (SSSR count). The van der Waals surface area contributed by atoms with E-state index in [1.54, 1.807) is 0 Å². The maximum atomic E-state index is 10.1. The molecule has 62 valence electrons. The number of alkyl carbamates (subject to hydrolysis) is 1.